The minimum Gasteiger partial charge on any atom is -0.403 e. The van der Waals surface area contributed by atoms with Gasteiger partial charge in [0.25, 0.3) is 0 Å². The summed E-state index contributed by atoms with van der Waals surface area (Å²) in [5.74, 6) is -2.00. The second-order valence-corrected chi connectivity index (χ2v) is 7.62. The quantitative estimate of drug-likeness (QED) is 0.538. The molecule has 0 amide bonds. The van der Waals surface area contributed by atoms with Gasteiger partial charge in [-0.05, 0) is 51.5 Å². The number of aromatic nitrogens is 3. The van der Waals surface area contributed by atoms with Gasteiger partial charge < -0.3 is 9.47 Å². The lowest BCUT2D eigenvalue weighted by Gasteiger charge is -2.14. The van der Waals surface area contributed by atoms with Crippen molar-refractivity contribution in [2.24, 2.45) is 0 Å². The highest BCUT2D eigenvalue weighted by molar-refractivity contribution is 5.66. The molecule has 0 spiro atoms. The molecule has 3 heterocycles. The van der Waals surface area contributed by atoms with E-state index >= 15 is 0 Å². The van der Waals surface area contributed by atoms with Crippen LogP contribution < -0.4 is 4.74 Å². The van der Waals surface area contributed by atoms with E-state index in [1.54, 1.807) is 4.68 Å². The van der Waals surface area contributed by atoms with Gasteiger partial charge in [-0.2, -0.15) is 5.10 Å². The van der Waals surface area contributed by atoms with E-state index in [1.165, 1.54) is 6.07 Å². The molecule has 9 heteroatoms. The van der Waals surface area contributed by atoms with Crippen LogP contribution in [-0.4, -0.2) is 33.8 Å². The maximum atomic E-state index is 14.0. The molecule has 31 heavy (non-hydrogen) atoms. The Morgan fingerprint density at radius 3 is 2.52 bits per heavy atom. The molecule has 4 rings (SSSR count). The van der Waals surface area contributed by atoms with E-state index in [9.17, 15) is 17.6 Å². The van der Waals surface area contributed by atoms with Crippen LogP contribution in [0.25, 0.3) is 16.9 Å². The van der Waals surface area contributed by atoms with Crippen LogP contribution in [0.3, 0.4) is 0 Å². The molecule has 1 aliphatic rings. The van der Waals surface area contributed by atoms with E-state index in [0.717, 1.165) is 40.3 Å². The summed E-state index contributed by atoms with van der Waals surface area (Å²) in [6.45, 7) is 6.20. The zero-order valence-electron chi connectivity index (χ0n) is 17.3. The smallest absolute Gasteiger partial charge is 0.403 e. The summed E-state index contributed by atoms with van der Waals surface area (Å²) in [5, 5.41) is 4.73. The third kappa shape index (κ3) is 4.56. The maximum Gasteiger partial charge on any atom is 0.573 e. The van der Waals surface area contributed by atoms with Crippen LogP contribution in [0, 0.1) is 19.7 Å². The molecule has 0 fully saturated rings. The first-order valence-electron chi connectivity index (χ1n) is 9.84. The lowest BCUT2D eigenvalue weighted by Crippen LogP contribution is -2.18. The van der Waals surface area contributed by atoms with Crippen molar-refractivity contribution in [2.75, 3.05) is 6.61 Å². The Morgan fingerprint density at radius 1 is 1.13 bits per heavy atom. The fraction of sp³-hybridized carbons (Fsp3) is 0.364. The number of pyridine rings is 1. The Hall–Kier alpha value is -2.94. The fourth-order valence-corrected chi connectivity index (χ4v) is 3.89. The Bertz CT molecular complexity index is 1100. The van der Waals surface area contributed by atoms with Crippen LogP contribution >= 0.6 is 0 Å². The van der Waals surface area contributed by atoms with Crippen molar-refractivity contribution in [2.45, 2.75) is 46.1 Å². The van der Waals surface area contributed by atoms with Gasteiger partial charge in [0.2, 0.25) is 0 Å². The summed E-state index contributed by atoms with van der Waals surface area (Å²) >= 11 is 0. The topological polar surface area (TPSA) is 49.2 Å². The summed E-state index contributed by atoms with van der Waals surface area (Å²) in [6.07, 6.45) is -3.99. The number of fused-ring (bicyclic) bond motifs is 1. The first-order valence-corrected chi connectivity index (χ1v) is 9.84. The van der Waals surface area contributed by atoms with E-state index in [4.69, 9.17) is 9.84 Å². The second-order valence-electron chi connectivity index (χ2n) is 7.62. The normalized spacial score (nSPS) is 16.7. The van der Waals surface area contributed by atoms with Crippen molar-refractivity contribution in [3.8, 4) is 22.7 Å². The number of hydrogen-bond donors (Lipinski definition) is 0. The molecule has 5 nitrogen and oxygen atoms in total. The van der Waals surface area contributed by atoms with E-state index in [0.29, 0.717) is 25.1 Å². The number of alkyl halides is 3. The molecule has 1 aliphatic heterocycles. The van der Waals surface area contributed by atoms with Crippen molar-refractivity contribution in [3.05, 3.63) is 58.8 Å². The highest BCUT2D eigenvalue weighted by Gasteiger charge is 2.33. The van der Waals surface area contributed by atoms with Crippen LogP contribution in [0.2, 0.25) is 0 Å². The maximum absolute atomic E-state index is 14.0. The first kappa shape index (κ1) is 21.3. The summed E-state index contributed by atoms with van der Waals surface area (Å²) in [5.41, 5.74) is 5.29. The van der Waals surface area contributed by atoms with Gasteiger partial charge in [0.1, 0.15) is 0 Å². The summed E-state index contributed by atoms with van der Waals surface area (Å²) in [7, 11) is 0. The minimum atomic E-state index is -5.00. The van der Waals surface area contributed by atoms with Crippen LogP contribution in [0.15, 0.2) is 30.3 Å². The third-order valence-corrected chi connectivity index (χ3v) is 5.07. The number of ether oxygens (including phenoxy) is 2. The molecule has 0 saturated carbocycles. The molecule has 0 saturated heterocycles. The molecule has 2 aromatic heterocycles. The highest BCUT2D eigenvalue weighted by Crippen LogP contribution is 2.33. The Kier molecular flexibility index (Phi) is 5.47. The molecule has 0 bridgehead atoms. The average molecular weight is 435 g/mol. The standard InChI is InChI=1S/C22H21F4N3O2/c1-12-8-15(9-13(2)27-12)21-17-6-7-30-14(3)10-19(17)29(28-21)16-4-5-18(23)20(11-16)31-22(24,25)26/h4-5,8-9,11,14H,6-7,10H2,1-3H3/t14-/m1/s1. The molecule has 0 N–H and O–H groups in total. The number of rotatable bonds is 3. The summed E-state index contributed by atoms with van der Waals surface area (Å²) < 4.78 is 63.3. The number of halogens is 4. The molecular formula is C22H21F4N3O2. The molecule has 1 atom stereocenters. The highest BCUT2D eigenvalue weighted by atomic mass is 19.4. The summed E-state index contributed by atoms with van der Waals surface area (Å²) in [6, 6.07) is 7.17. The fourth-order valence-electron chi connectivity index (χ4n) is 3.89. The summed E-state index contributed by atoms with van der Waals surface area (Å²) in [4.78, 5) is 4.40. The SMILES string of the molecule is Cc1cc(-c2nn(-c3ccc(F)c(OC(F)(F)F)c3)c3c2CCO[C@H](C)C3)cc(C)n1. The van der Waals surface area contributed by atoms with Crippen LogP contribution in [0.1, 0.15) is 29.6 Å². The number of benzene rings is 1. The number of hydrogen-bond acceptors (Lipinski definition) is 4. The molecule has 0 unspecified atom stereocenters. The van der Waals surface area contributed by atoms with Gasteiger partial charge in [0.05, 0.1) is 29.8 Å². The van der Waals surface area contributed by atoms with Crippen LogP contribution in [0.4, 0.5) is 17.6 Å². The van der Waals surface area contributed by atoms with Crippen LogP contribution in [0.5, 0.6) is 5.75 Å². The molecule has 164 valence electrons. The predicted octanol–water partition coefficient (Wildman–Crippen LogP) is 5.09. The van der Waals surface area contributed by atoms with E-state index in [2.05, 4.69) is 9.72 Å². The lowest BCUT2D eigenvalue weighted by atomic mass is 10.0. The van der Waals surface area contributed by atoms with E-state index < -0.39 is 17.9 Å². The zero-order chi connectivity index (χ0) is 22.3. The van der Waals surface area contributed by atoms with Gasteiger partial charge in [0, 0.05) is 35.0 Å². The Balaban J connectivity index is 1.89. The van der Waals surface area contributed by atoms with Crippen molar-refractivity contribution in [1.29, 1.82) is 0 Å². The van der Waals surface area contributed by atoms with Gasteiger partial charge in [-0.1, -0.05) is 0 Å². The van der Waals surface area contributed by atoms with Gasteiger partial charge in [0.15, 0.2) is 11.6 Å². The second kappa shape index (κ2) is 7.96. The van der Waals surface area contributed by atoms with Crippen molar-refractivity contribution in [1.82, 2.24) is 14.8 Å². The van der Waals surface area contributed by atoms with Gasteiger partial charge in [-0.15, -0.1) is 13.2 Å². The predicted molar refractivity (Wildman–Crippen MR) is 106 cm³/mol. The molecule has 0 aliphatic carbocycles. The molecule has 1 aromatic carbocycles. The van der Waals surface area contributed by atoms with Crippen molar-refractivity contribution >= 4 is 0 Å². The Morgan fingerprint density at radius 2 is 1.84 bits per heavy atom. The minimum absolute atomic E-state index is 0.100. The van der Waals surface area contributed by atoms with E-state index in [1.807, 2.05) is 32.9 Å². The molecule has 3 aromatic rings. The van der Waals surface area contributed by atoms with Gasteiger partial charge in [-0.3, -0.25) is 4.98 Å². The Labute approximate surface area is 176 Å². The van der Waals surface area contributed by atoms with Gasteiger partial charge >= 0.3 is 6.36 Å². The van der Waals surface area contributed by atoms with Gasteiger partial charge in [-0.25, -0.2) is 9.07 Å². The number of aryl methyl sites for hydroxylation is 2. The first-order chi connectivity index (χ1) is 14.6. The van der Waals surface area contributed by atoms with Crippen molar-refractivity contribution in [3.63, 3.8) is 0 Å². The average Bonchev–Trinajstić information content (AvgIpc) is 2.88. The number of nitrogens with zero attached hydrogens (tertiary/aromatic N) is 3. The third-order valence-electron chi connectivity index (χ3n) is 5.07. The lowest BCUT2D eigenvalue weighted by molar-refractivity contribution is -0.275. The largest absolute Gasteiger partial charge is 0.573 e. The molecular weight excluding hydrogens is 414 g/mol. The zero-order valence-corrected chi connectivity index (χ0v) is 17.3. The molecule has 0 radical (unpaired) electrons. The van der Waals surface area contributed by atoms with Crippen LogP contribution in [-0.2, 0) is 17.6 Å². The van der Waals surface area contributed by atoms with Crippen molar-refractivity contribution < 1.29 is 27.0 Å². The van der Waals surface area contributed by atoms with E-state index in [-0.39, 0.29) is 11.8 Å². The monoisotopic (exact) mass is 435 g/mol.